The van der Waals surface area contributed by atoms with Gasteiger partial charge in [0.2, 0.25) is 5.91 Å². The van der Waals surface area contributed by atoms with Crippen LogP contribution in [0.4, 0.5) is 4.39 Å². The van der Waals surface area contributed by atoms with Gasteiger partial charge in [-0.2, -0.15) is 0 Å². The number of rotatable bonds is 4. The number of benzene rings is 2. The minimum atomic E-state index is -1.47. The Bertz CT molecular complexity index is 779. The Morgan fingerprint density at radius 3 is 2.52 bits per heavy atom. The Labute approximate surface area is 138 Å². The van der Waals surface area contributed by atoms with E-state index in [1.165, 1.54) is 19.1 Å². The highest BCUT2D eigenvalue weighted by molar-refractivity contribution is 6.30. The Morgan fingerprint density at radius 2 is 1.91 bits per heavy atom. The minimum Gasteiger partial charge on any atom is -0.367 e. The zero-order chi connectivity index (χ0) is 17.2. The Kier molecular flexibility index (Phi) is 4.71. The number of halogens is 2. The summed E-state index contributed by atoms with van der Waals surface area (Å²) < 4.78 is 13.4. The van der Waals surface area contributed by atoms with E-state index in [2.05, 4.69) is 5.32 Å². The number of nitrogens with two attached hydrogens (primary N) is 1. The molecule has 3 N–H and O–H groups in total. The summed E-state index contributed by atoms with van der Waals surface area (Å²) in [4.78, 5) is 24.4. The van der Waals surface area contributed by atoms with Crippen molar-refractivity contribution in [1.82, 2.24) is 5.32 Å². The van der Waals surface area contributed by atoms with Crippen LogP contribution in [-0.4, -0.2) is 11.8 Å². The monoisotopic (exact) mass is 334 g/mol. The lowest BCUT2D eigenvalue weighted by atomic mass is 9.90. The van der Waals surface area contributed by atoms with Gasteiger partial charge in [-0.1, -0.05) is 29.8 Å². The Hall–Kier alpha value is -2.40. The molecular weight excluding hydrogens is 319 g/mol. The number of amides is 2. The molecule has 0 radical (unpaired) electrons. The van der Waals surface area contributed by atoms with Crippen LogP contribution in [-0.2, 0) is 10.3 Å². The van der Waals surface area contributed by atoms with E-state index < -0.39 is 23.2 Å². The van der Waals surface area contributed by atoms with E-state index in [9.17, 15) is 14.0 Å². The second-order valence-corrected chi connectivity index (χ2v) is 5.85. The number of hydrogen-bond acceptors (Lipinski definition) is 2. The van der Waals surface area contributed by atoms with E-state index in [0.29, 0.717) is 16.1 Å². The molecule has 120 valence electrons. The maximum absolute atomic E-state index is 13.4. The van der Waals surface area contributed by atoms with Gasteiger partial charge in [0.15, 0.2) is 0 Å². The third-order valence-electron chi connectivity index (χ3n) is 3.70. The van der Waals surface area contributed by atoms with Crippen LogP contribution >= 0.6 is 11.6 Å². The fourth-order valence-corrected chi connectivity index (χ4v) is 2.40. The Balaban J connectivity index is 2.42. The van der Waals surface area contributed by atoms with Crippen molar-refractivity contribution in [3.8, 4) is 0 Å². The van der Waals surface area contributed by atoms with Crippen molar-refractivity contribution < 1.29 is 14.0 Å². The highest BCUT2D eigenvalue weighted by atomic mass is 35.5. The Morgan fingerprint density at radius 1 is 1.22 bits per heavy atom. The van der Waals surface area contributed by atoms with Gasteiger partial charge in [-0.15, -0.1) is 0 Å². The fourth-order valence-electron chi connectivity index (χ4n) is 2.21. The lowest BCUT2D eigenvalue weighted by Gasteiger charge is -2.28. The minimum absolute atomic E-state index is 0.138. The van der Waals surface area contributed by atoms with Crippen molar-refractivity contribution in [3.05, 3.63) is 70.0 Å². The molecule has 0 aliphatic rings. The maximum Gasteiger partial charge on any atom is 0.252 e. The highest BCUT2D eigenvalue weighted by Gasteiger charge is 2.35. The van der Waals surface area contributed by atoms with Crippen molar-refractivity contribution >= 4 is 23.4 Å². The molecule has 2 rings (SSSR count). The van der Waals surface area contributed by atoms with E-state index in [4.69, 9.17) is 17.3 Å². The average molecular weight is 335 g/mol. The second kappa shape index (κ2) is 6.38. The van der Waals surface area contributed by atoms with E-state index in [0.717, 1.165) is 6.07 Å². The van der Waals surface area contributed by atoms with Crippen molar-refractivity contribution in [2.45, 2.75) is 19.4 Å². The fraction of sp³-hybridized carbons (Fsp3) is 0.176. The zero-order valence-corrected chi connectivity index (χ0v) is 13.4. The molecule has 4 nitrogen and oxygen atoms in total. The molecule has 0 spiro atoms. The molecule has 0 aliphatic carbocycles. The smallest absolute Gasteiger partial charge is 0.252 e. The van der Waals surface area contributed by atoms with Crippen LogP contribution in [0.3, 0.4) is 0 Å². The molecule has 1 unspecified atom stereocenters. The van der Waals surface area contributed by atoms with Gasteiger partial charge < -0.3 is 11.1 Å². The first-order valence-corrected chi connectivity index (χ1v) is 7.26. The summed E-state index contributed by atoms with van der Waals surface area (Å²) in [6.07, 6.45) is 0. The molecule has 0 heterocycles. The third-order valence-corrected chi connectivity index (χ3v) is 3.94. The molecule has 0 saturated heterocycles. The summed E-state index contributed by atoms with van der Waals surface area (Å²) >= 11 is 5.94. The van der Waals surface area contributed by atoms with Gasteiger partial charge in [-0.3, -0.25) is 9.59 Å². The first-order chi connectivity index (χ1) is 10.7. The molecule has 0 bridgehead atoms. The number of hydrogen-bond donors (Lipinski definition) is 2. The molecule has 0 saturated carbocycles. The number of primary amides is 1. The second-order valence-electron chi connectivity index (χ2n) is 5.41. The summed E-state index contributed by atoms with van der Waals surface area (Å²) in [6.45, 7) is 3.16. The first kappa shape index (κ1) is 17.0. The van der Waals surface area contributed by atoms with Gasteiger partial charge in [-0.25, -0.2) is 4.39 Å². The normalized spacial score (nSPS) is 13.2. The van der Waals surface area contributed by atoms with Gasteiger partial charge >= 0.3 is 0 Å². The van der Waals surface area contributed by atoms with E-state index in [-0.39, 0.29) is 5.56 Å². The van der Waals surface area contributed by atoms with Crippen LogP contribution < -0.4 is 11.1 Å². The molecule has 0 aromatic heterocycles. The summed E-state index contributed by atoms with van der Waals surface area (Å²) in [5, 5.41) is 2.99. The van der Waals surface area contributed by atoms with Crippen LogP contribution in [0.5, 0.6) is 0 Å². The maximum atomic E-state index is 13.4. The van der Waals surface area contributed by atoms with Crippen LogP contribution in [0.25, 0.3) is 0 Å². The predicted molar refractivity (Wildman–Crippen MR) is 86.6 cm³/mol. The number of carbonyl (C=O) groups is 2. The SMILES string of the molecule is Cc1ccc(F)cc1C(=O)NC(C)(C(N)=O)c1cccc(Cl)c1. The van der Waals surface area contributed by atoms with Crippen LogP contribution in [0, 0.1) is 12.7 Å². The molecule has 6 heteroatoms. The zero-order valence-electron chi connectivity index (χ0n) is 12.7. The van der Waals surface area contributed by atoms with Crippen LogP contribution in [0.1, 0.15) is 28.4 Å². The molecule has 0 fully saturated rings. The molecule has 1 atom stereocenters. The first-order valence-electron chi connectivity index (χ1n) is 6.88. The molecule has 0 aliphatic heterocycles. The molecule has 2 aromatic rings. The average Bonchev–Trinajstić information content (AvgIpc) is 2.49. The quantitative estimate of drug-likeness (QED) is 0.902. The van der Waals surface area contributed by atoms with E-state index in [1.807, 2.05) is 0 Å². The lowest BCUT2D eigenvalue weighted by molar-refractivity contribution is -0.123. The topological polar surface area (TPSA) is 72.2 Å². The standard InChI is InChI=1S/C17H16ClFN2O2/c1-10-6-7-13(19)9-14(10)15(22)21-17(2,16(20)23)11-4-3-5-12(18)8-11/h3-9H,1-2H3,(H2,20,23)(H,21,22). The van der Waals surface area contributed by atoms with Gasteiger partial charge in [0.1, 0.15) is 11.4 Å². The van der Waals surface area contributed by atoms with Crippen LogP contribution in [0.2, 0.25) is 5.02 Å². The van der Waals surface area contributed by atoms with Crippen molar-refractivity contribution in [3.63, 3.8) is 0 Å². The van der Waals surface area contributed by atoms with Crippen molar-refractivity contribution in [2.75, 3.05) is 0 Å². The number of carbonyl (C=O) groups excluding carboxylic acids is 2. The summed E-state index contributed by atoms with van der Waals surface area (Å²) in [5.41, 5.74) is 5.17. The number of nitrogens with one attached hydrogen (secondary N) is 1. The van der Waals surface area contributed by atoms with Crippen molar-refractivity contribution in [2.24, 2.45) is 5.73 Å². The molecule has 2 aromatic carbocycles. The summed E-state index contributed by atoms with van der Waals surface area (Å²) in [7, 11) is 0. The van der Waals surface area contributed by atoms with Gasteiger partial charge in [0.25, 0.3) is 5.91 Å². The predicted octanol–water partition coefficient (Wildman–Crippen LogP) is 2.92. The van der Waals surface area contributed by atoms with Gasteiger partial charge in [-0.05, 0) is 49.2 Å². The highest BCUT2D eigenvalue weighted by Crippen LogP contribution is 2.24. The van der Waals surface area contributed by atoms with Crippen molar-refractivity contribution in [1.29, 1.82) is 0 Å². The summed E-state index contributed by atoms with van der Waals surface area (Å²) in [6, 6.07) is 10.3. The van der Waals surface area contributed by atoms with E-state index in [1.54, 1.807) is 31.2 Å². The summed E-state index contributed by atoms with van der Waals surface area (Å²) in [5.74, 6) is -1.88. The lowest BCUT2D eigenvalue weighted by Crippen LogP contribution is -2.52. The number of aryl methyl sites for hydroxylation is 1. The third kappa shape index (κ3) is 3.51. The molecular formula is C17H16ClFN2O2. The van der Waals surface area contributed by atoms with Gasteiger partial charge in [0.05, 0.1) is 0 Å². The van der Waals surface area contributed by atoms with Crippen LogP contribution in [0.15, 0.2) is 42.5 Å². The molecule has 23 heavy (non-hydrogen) atoms. The molecule has 2 amide bonds. The largest absolute Gasteiger partial charge is 0.367 e. The van der Waals surface area contributed by atoms with Gasteiger partial charge in [0, 0.05) is 10.6 Å². The van der Waals surface area contributed by atoms with E-state index >= 15 is 0 Å².